The number of nitrogens with zero attached hydrogens (tertiary/aromatic N) is 2. The second-order valence-corrected chi connectivity index (χ2v) is 5.12. The van der Waals surface area contributed by atoms with E-state index in [1.54, 1.807) is 6.07 Å². The minimum atomic E-state index is -0.585. The van der Waals surface area contributed by atoms with Crippen LogP contribution in [-0.4, -0.2) is 45.8 Å². The molecule has 0 saturated carbocycles. The van der Waals surface area contributed by atoms with E-state index in [9.17, 15) is 19.8 Å². The van der Waals surface area contributed by atoms with Crippen LogP contribution in [0.15, 0.2) is 44.3 Å². The van der Waals surface area contributed by atoms with Crippen molar-refractivity contribution in [1.82, 2.24) is 9.97 Å². The van der Waals surface area contributed by atoms with Gasteiger partial charge < -0.3 is 24.9 Å². The molecule has 0 aliphatic rings. The van der Waals surface area contributed by atoms with Gasteiger partial charge in [0.2, 0.25) is 0 Å². The predicted octanol–water partition coefficient (Wildman–Crippen LogP) is 0.656. The van der Waals surface area contributed by atoms with Crippen LogP contribution in [0.25, 0.3) is 0 Å². The van der Waals surface area contributed by atoms with Gasteiger partial charge in [-0.25, -0.2) is 4.79 Å². The monoisotopic (exact) mass is 362 g/mol. The lowest BCUT2D eigenvalue weighted by Gasteiger charge is -2.00. The van der Waals surface area contributed by atoms with E-state index in [0.717, 1.165) is 0 Å². The van der Waals surface area contributed by atoms with Crippen molar-refractivity contribution in [3.63, 3.8) is 0 Å². The standard InChI is InChI=1S/C16H18N4O6/c21-13-4-3-11(7-14(13)22)8-18-25-5-1-2-6-26-19-10-12-9-17-16(24)20-15(12)23/h3-4,7-10,21-22H,1-2,5-6H2,(H2,17,20,23,24)/b18-8+,19-10+. The van der Waals surface area contributed by atoms with Crippen LogP contribution in [0.5, 0.6) is 11.5 Å². The van der Waals surface area contributed by atoms with Crippen LogP contribution in [-0.2, 0) is 9.68 Å². The number of rotatable bonds is 9. The number of oxime groups is 2. The smallest absolute Gasteiger partial charge is 0.325 e. The van der Waals surface area contributed by atoms with E-state index in [0.29, 0.717) is 31.6 Å². The molecule has 0 amide bonds. The summed E-state index contributed by atoms with van der Waals surface area (Å²) < 4.78 is 0. The van der Waals surface area contributed by atoms with E-state index in [2.05, 4.69) is 20.3 Å². The Hall–Kier alpha value is -3.56. The third kappa shape index (κ3) is 6.15. The largest absolute Gasteiger partial charge is 0.504 e. The highest BCUT2D eigenvalue weighted by atomic mass is 16.6. The van der Waals surface area contributed by atoms with Crippen molar-refractivity contribution in [3.8, 4) is 11.5 Å². The van der Waals surface area contributed by atoms with Crippen LogP contribution in [0.1, 0.15) is 24.0 Å². The van der Waals surface area contributed by atoms with E-state index in [-0.39, 0.29) is 17.1 Å². The first-order valence-electron chi connectivity index (χ1n) is 7.71. The normalized spacial score (nSPS) is 11.2. The molecule has 1 heterocycles. The molecule has 0 unspecified atom stereocenters. The fourth-order valence-electron chi connectivity index (χ4n) is 1.77. The number of H-pyrrole nitrogens is 2. The fourth-order valence-corrected chi connectivity index (χ4v) is 1.77. The Balaban J connectivity index is 1.58. The molecular formula is C16H18N4O6. The molecule has 0 aliphatic carbocycles. The summed E-state index contributed by atoms with van der Waals surface area (Å²) in [7, 11) is 0. The molecule has 0 aliphatic heterocycles. The first-order chi connectivity index (χ1) is 12.6. The fraction of sp³-hybridized carbons (Fsp3) is 0.250. The Kier molecular flexibility index (Phi) is 6.98. The molecular weight excluding hydrogens is 344 g/mol. The third-order valence-electron chi connectivity index (χ3n) is 3.11. The summed E-state index contributed by atoms with van der Waals surface area (Å²) in [6.45, 7) is 0.698. The van der Waals surface area contributed by atoms with E-state index < -0.39 is 11.2 Å². The van der Waals surface area contributed by atoms with Crippen molar-refractivity contribution in [2.45, 2.75) is 12.8 Å². The highest BCUT2D eigenvalue weighted by Crippen LogP contribution is 2.23. The average molecular weight is 362 g/mol. The van der Waals surface area contributed by atoms with Gasteiger partial charge in [-0.05, 0) is 36.6 Å². The second-order valence-electron chi connectivity index (χ2n) is 5.12. The number of hydrogen-bond donors (Lipinski definition) is 4. The van der Waals surface area contributed by atoms with Gasteiger partial charge in [-0.3, -0.25) is 9.78 Å². The van der Waals surface area contributed by atoms with Gasteiger partial charge >= 0.3 is 5.69 Å². The van der Waals surface area contributed by atoms with Crippen LogP contribution in [0.4, 0.5) is 0 Å². The first kappa shape index (κ1) is 18.8. The van der Waals surface area contributed by atoms with Gasteiger partial charge in [-0.15, -0.1) is 0 Å². The van der Waals surface area contributed by atoms with Gasteiger partial charge in [-0.2, -0.15) is 0 Å². The summed E-state index contributed by atoms with van der Waals surface area (Å²) >= 11 is 0. The van der Waals surface area contributed by atoms with Crippen LogP contribution >= 0.6 is 0 Å². The summed E-state index contributed by atoms with van der Waals surface area (Å²) in [6.07, 6.45) is 5.21. The number of nitrogens with one attached hydrogen (secondary N) is 2. The zero-order chi connectivity index (χ0) is 18.8. The Morgan fingerprint density at radius 1 is 1.00 bits per heavy atom. The van der Waals surface area contributed by atoms with Crippen LogP contribution < -0.4 is 11.2 Å². The maximum Gasteiger partial charge on any atom is 0.325 e. The number of phenols is 2. The Morgan fingerprint density at radius 2 is 1.69 bits per heavy atom. The maximum atomic E-state index is 11.4. The van der Waals surface area contributed by atoms with Gasteiger partial charge in [-0.1, -0.05) is 10.3 Å². The van der Waals surface area contributed by atoms with Gasteiger partial charge in [0.25, 0.3) is 5.56 Å². The molecule has 0 saturated heterocycles. The van der Waals surface area contributed by atoms with Gasteiger partial charge in [0.1, 0.15) is 13.2 Å². The lowest BCUT2D eigenvalue weighted by molar-refractivity contribution is 0.112. The van der Waals surface area contributed by atoms with Crippen molar-refractivity contribution in [2.24, 2.45) is 10.3 Å². The predicted molar refractivity (Wildman–Crippen MR) is 93.8 cm³/mol. The van der Waals surface area contributed by atoms with Crippen LogP contribution in [0, 0.1) is 0 Å². The molecule has 0 spiro atoms. The van der Waals surface area contributed by atoms with E-state index in [1.165, 1.54) is 30.8 Å². The van der Waals surface area contributed by atoms with Crippen molar-refractivity contribution >= 4 is 12.4 Å². The summed E-state index contributed by atoms with van der Waals surface area (Å²) in [5.74, 6) is -0.425. The summed E-state index contributed by atoms with van der Waals surface area (Å²) in [6, 6.07) is 4.30. The number of aromatic nitrogens is 2. The summed E-state index contributed by atoms with van der Waals surface area (Å²) in [5, 5.41) is 25.9. The summed E-state index contributed by atoms with van der Waals surface area (Å²) in [4.78, 5) is 36.7. The second kappa shape index (κ2) is 9.67. The van der Waals surface area contributed by atoms with Crippen molar-refractivity contribution in [2.75, 3.05) is 13.2 Å². The Morgan fingerprint density at radius 3 is 2.35 bits per heavy atom. The van der Waals surface area contributed by atoms with Crippen LogP contribution in [0.2, 0.25) is 0 Å². The zero-order valence-electron chi connectivity index (χ0n) is 13.7. The van der Waals surface area contributed by atoms with Gasteiger partial charge in [0.15, 0.2) is 11.5 Å². The van der Waals surface area contributed by atoms with E-state index in [1.807, 2.05) is 0 Å². The lowest BCUT2D eigenvalue weighted by Crippen LogP contribution is -2.24. The number of benzene rings is 1. The van der Waals surface area contributed by atoms with Gasteiger partial charge in [0, 0.05) is 6.20 Å². The molecule has 1 aromatic heterocycles. The number of hydrogen-bond acceptors (Lipinski definition) is 8. The average Bonchev–Trinajstić information content (AvgIpc) is 2.61. The molecule has 0 atom stereocenters. The SMILES string of the molecule is O=c1[nH]cc(/C=N/OCCCCO/N=C/c2ccc(O)c(O)c2)c(=O)[nH]1. The molecule has 2 aromatic rings. The molecule has 0 fully saturated rings. The molecule has 4 N–H and O–H groups in total. The number of unbranched alkanes of at least 4 members (excludes halogenated alkanes) is 1. The van der Waals surface area contributed by atoms with Crippen molar-refractivity contribution in [1.29, 1.82) is 0 Å². The number of aromatic hydroxyl groups is 2. The van der Waals surface area contributed by atoms with Gasteiger partial charge in [0.05, 0.1) is 18.0 Å². The first-order valence-corrected chi connectivity index (χ1v) is 7.71. The molecule has 138 valence electrons. The maximum absolute atomic E-state index is 11.4. The summed E-state index contributed by atoms with van der Waals surface area (Å²) in [5.41, 5.74) is -0.356. The Bertz CT molecular complexity index is 887. The number of phenolic OH excluding ortho intramolecular Hbond substituents is 2. The van der Waals surface area contributed by atoms with E-state index in [4.69, 9.17) is 9.68 Å². The molecule has 0 radical (unpaired) electrons. The van der Waals surface area contributed by atoms with E-state index >= 15 is 0 Å². The third-order valence-corrected chi connectivity index (χ3v) is 3.11. The minimum Gasteiger partial charge on any atom is -0.504 e. The molecule has 10 heteroatoms. The zero-order valence-corrected chi connectivity index (χ0v) is 13.7. The Labute approximate surface area is 147 Å². The van der Waals surface area contributed by atoms with Crippen LogP contribution in [0.3, 0.4) is 0 Å². The van der Waals surface area contributed by atoms with Crippen molar-refractivity contribution < 1.29 is 19.9 Å². The number of aromatic amines is 2. The molecule has 1 aromatic carbocycles. The topological polar surface area (TPSA) is 149 Å². The lowest BCUT2D eigenvalue weighted by atomic mass is 10.2. The minimum absolute atomic E-state index is 0.183. The molecule has 10 nitrogen and oxygen atoms in total. The quantitative estimate of drug-likeness (QED) is 0.223. The molecule has 2 rings (SSSR count). The molecule has 0 bridgehead atoms. The highest BCUT2D eigenvalue weighted by molar-refractivity contribution is 5.80. The van der Waals surface area contributed by atoms with Crippen molar-refractivity contribution in [3.05, 3.63) is 56.4 Å². The molecule has 26 heavy (non-hydrogen) atoms. The highest BCUT2D eigenvalue weighted by Gasteiger charge is 1.98.